The zero-order chi connectivity index (χ0) is 23.3. The molecule has 32 heavy (non-hydrogen) atoms. The van der Waals surface area contributed by atoms with Gasteiger partial charge in [0, 0.05) is 6.08 Å². The lowest BCUT2D eigenvalue weighted by atomic mass is 10.1. The molecule has 11 heteroatoms. The second-order valence-electron chi connectivity index (χ2n) is 6.35. The Morgan fingerprint density at radius 3 is 2.53 bits per heavy atom. The van der Waals surface area contributed by atoms with Crippen LogP contribution in [0.3, 0.4) is 0 Å². The van der Waals surface area contributed by atoms with E-state index in [1.54, 1.807) is 18.2 Å². The summed E-state index contributed by atoms with van der Waals surface area (Å²) in [5, 5.41) is 2.55. The SMILES string of the molecule is COC(=O)c1sc(NC(=O)COC(=O)C=Cc2ccc3c(c2)OCO3)c(C(=O)OC)c1C. The van der Waals surface area contributed by atoms with E-state index in [1.807, 2.05) is 0 Å². The average Bonchev–Trinajstić information content (AvgIpc) is 3.38. The number of hydrogen-bond acceptors (Lipinski definition) is 10. The van der Waals surface area contributed by atoms with Gasteiger partial charge in [0.25, 0.3) is 5.91 Å². The average molecular weight is 461 g/mol. The highest BCUT2D eigenvalue weighted by Gasteiger charge is 2.26. The van der Waals surface area contributed by atoms with Gasteiger partial charge in [0.1, 0.15) is 9.88 Å². The molecule has 0 unspecified atom stereocenters. The Labute approximate surface area is 186 Å². The molecule has 3 rings (SSSR count). The number of hydrogen-bond donors (Lipinski definition) is 1. The number of carbonyl (C=O) groups is 4. The van der Waals surface area contributed by atoms with Crippen LogP contribution in [-0.2, 0) is 23.8 Å². The fourth-order valence-electron chi connectivity index (χ4n) is 2.77. The van der Waals surface area contributed by atoms with Gasteiger partial charge in [-0.25, -0.2) is 14.4 Å². The summed E-state index contributed by atoms with van der Waals surface area (Å²) in [6.07, 6.45) is 2.66. The number of carbonyl (C=O) groups excluding carboxylic acids is 4. The second-order valence-corrected chi connectivity index (χ2v) is 7.37. The van der Waals surface area contributed by atoms with Crippen molar-refractivity contribution in [2.75, 3.05) is 32.9 Å². The summed E-state index contributed by atoms with van der Waals surface area (Å²) in [4.78, 5) is 48.3. The highest BCUT2D eigenvalue weighted by atomic mass is 32.1. The Bertz CT molecular complexity index is 1100. The highest BCUT2D eigenvalue weighted by molar-refractivity contribution is 7.18. The number of rotatable bonds is 7. The smallest absolute Gasteiger partial charge is 0.348 e. The maximum atomic E-state index is 12.2. The zero-order valence-electron chi connectivity index (χ0n) is 17.4. The molecule has 0 aliphatic carbocycles. The zero-order valence-corrected chi connectivity index (χ0v) is 18.2. The number of esters is 3. The van der Waals surface area contributed by atoms with Crippen LogP contribution in [0.4, 0.5) is 5.00 Å². The fourth-order valence-corrected chi connectivity index (χ4v) is 3.89. The van der Waals surface area contributed by atoms with Crippen LogP contribution in [0.1, 0.15) is 31.2 Å². The molecule has 0 atom stereocenters. The Kier molecular flexibility index (Phi) is 7.11. The summed E-state index contributed by atoms with van der Waals surface area (Å²) in [6.45, 7) is 1.07. The van der Waals surface area contributed by atoms with Gasteiger partial charge in [0.05, 0.1) is 19.8 Å². The molecule has 0 spiro atoms. The molecule has 0 fully saturated rings. The minimum atomic E-state index is -0.747. The third-order valence-electron chi connectivity index (χ3n) is 4.31. The molecule has 1 aliphatic rings. The van der Waals surface area contributed by atoms with Crippen molar-refractivity contribution in [3.63, 3.8) is 0 Å². The summed E-state index contributed by atoms with van der Waals surface area (Å²) < 4.78 is 24.8. The van der Waals surface area contributed by atoms with Gasteiger partial charge in [-0.1, -0.05) is 6.07 Å². The Morgan fingerprint density at radius 2 is 1.81 bits per heavy atom. The molecule has 2 aromatic rings. The summed E-state index contributed by atoms with van der Waals surface area (Å²) >= 11 is 0.858. The van der Waals surface area contributed by atoms with Crippen molar-refractivity contribution in [1.29, 1.82) is 0 Å². The summed E-state index contributed by atoms with van der Waals surface area (Å²) in [6, 6.07) is 5.15. The van der Waals surface area contributed by atoms with Crippen LogP contribution in [0.2, 0.25) is 0 Å². The van der Waals surface area contributed by atoms with Crippen LogP contribution in [0.15, 0.2) is 24.3 Å². The normalized spacial score (nSPS) is 11.8. The monoisotopic (exact) mass is 461 g/mol. The summed E-state index contributed by atoms with van der Waals surface area (Å²) in [5.41, 5.74) is 1.02. The molecule has 1 amide bonds. The molecule has 0 bridgehead atoms. The van der Waals surface area contributed by atoms with Gasteiger partial charge in [-0.2, -0.15) is 0 Å². The van der Waals surface area contributed by atoms with Crippen molar-refractivity contribution >= 4 is 46.2 Å². The Balaban J connectivity index is 1.61. The van der Waals surface area contributed by atoms with Gasteiger partial charge in [-0.3, -0.25) is 4.79 Å². The number of thiophene rings is 1. The lowest BCUT2D eigenvalue weighted by Crippen LogP contribution is -2.21. The van der Waals surface area contributed by atoms with E-state index in [1.165, 1.54) is 27.2 Å². The third-order valence-corrected chi connectivity index (χ3v) is 5.50. The first-order valence-corrected chi connectivity index (χ1v) is 10.00. The predicted molar refractivity (Wildman–Crippen MR) is 113 cm³/mol. The molecule has 1 aliphatic heterocycles. The minimum absolute atomic E-state index is 0.0280. The van der Waals surface area contributed by atoms with Crippen molar-refractivity contribution in [1.82, 2.24) is 0 Å². The van der Waals surface area contributed by atoms with Gasteiger partial charge in [0.2, 0.25) is 6.79 Å². The molecular weight excluding hydrogens is 442 g/mol. The molecule has 168 valence electrons. The number of fused-ring (bicyclic) bond motifs is 1. The highest BCUT2D eigenvalue weighted by Crippen LogP contribution is 2.34. The maximum absolute atomic E-state index is 12.2. The molecule has 1 N–H and O–H groups in total. The first-order chi connectivity index (χ1) is 15.3. The first kappa shape index (κ1) is 22.8. The maximum Gasteiger partial charge on any atom is 0.348 e. The fraction of sp³-hybridized carbons (Fsp3) is 0.238. The van der Waals surface area contributed by atoms with Crippen LogP contribution < -0.4 is 14.8 Å². The minimum Gasteiger partial charge on any atom is -0.465 e. The van der Waals surface area contributed by atoms with E-state index in [-0.39, 0.29) is 22.2 Å². The topological polar surface area (TPSA) is 126 Å². The Hall–Kier alpha value is -3.86. The number of benzene rings is 1. The molecule has 1 aromatic heterocycles. The summed E-state index contributed by atoms with van der Waals surface area (Å²) in [7, 11) is 2.38. The number of nitrogens with one attached hydrogen (secondary N) is 1. The third kappa shape index (κ3) is 5.06. The van der Waals surface area contributed by atoms with Crippen LogP contribution in [0, 0.1) is 6.92 Å². The van der Waals surface area contributed by atoms with Crippen molar-refractivity contribution < 1.29 is 42.9 Å². The van der Waals surface area contributed by atoms with E-state index >= 15 is 0 Å². The van der Waals surface area contributed by atoms with E-state index < -0.39 is 30.4 Å². The van der Waals surface area contributed by atoms with E-state index in [9.17, 15) is 19.2 Å². The van der Waals surface area contributed by atoms with Crippen LogP contribution in [-0.4, -0.2) is 51.4 Å². The number of anilines is 1. The molecular formula is C21H19NO9S. The number of ether oxygens (including phenoxy) is 5. The van der Waals surface area contributed by atoms with E-state index in [0.29, 0.717) is 22.6 Å². The van der Waals surface area contributed by atoms with Gasteiger partial charge >= 0.3 is 17.9 Å². The quantitative estimate of drug-likeness (QED) is 0.376. The van der Waals surface area contributed by atoms with Crippen LogP contribution >= 0.6 is 11.3 Å². The number of methoxy groups -OCH3 is 2. The molecule has 0 radical (unpaired) electrons. The second kappa shape index (κ2) is 9.96. The van der Waals surface area contributed by atoms with Crippen LogP contribution in [0.5, 0.6) is 11.5 Å². The van der Waals surface area contributed by atoms with Crippen molar-refractivity contribution in [2.24, 2.45) is 0 Å². The van der Waals surface area contributed by atoms with Crippen molar-refractivity contribution in [2.45, 2.75) is 6.92 Å². The lowest BCUT2D eigenvalue weighted by Gasteiger charge is -2.06. The Morgan fingerprint density at radius 1 is 1.09 bits per heavy atom. The molecule has 0 saturated carbocycles. The van der Waals surface area contributed by atoms with Crippen LogP contribution in [0.25, 0.3) is 6.08 Å². The number of amides is 1. The molecule has 0 saturated heterocycles. The molecule has 2 heterocycles. The molecule has 10 nitrogen and oxygen atoms in total. The van der Waals surface area contributed by atoms with E-state index in [2.05, 4.69) is 10.1 Å². The van der Waals surface area contributed by atoms with Crippen molar-refractivity contribution in [3.05, 3.63) is 45.8 Å². The van der Waals surface area contributed by atoms with Gasteiger partial charge in [0.15, 0.2) is 18.1 Å². The van der Waals surface area contributed by atoms with E-state index in [4.69, 9.17) is 18.9 Å². The standard InChI is InChI=1S/C21H19NO9S/c1-11-17(20(25)27-2)19(32-18(11)21(26)28-3)22-15(23)9-29-16(24)7-5-12-4-6-13-14(8-12)31-10-30-13/h4-8H,9-10H2,1-3H3,(H,22,23). The van der Waals surface area contributed by atoms with Crippen molar-refractivity contribution in [3.8, 4) is 11.5 Å². The van der Waals surface area contributed by atoms with Gasteiger partial charge in [-0.05, 0) is 36.3 Å². The summed E-state index contributed by atoms with van der Waals surface area (Å²) in [5.74, 6) is -1.64. The molecule has 1 aromatic carbocycles. The van der Waals surface area contributed by atoms with Gasteiger partial charge < -0.3 is 29.0 Å². The predicted octanol–water partition coefficient (Wildman–Crippen LogP) is 2.55. The lowest BCUT2D eigenvalue weighted by molar-refractivity contribution is -0.142. The van der Waals surface area contributed by atoms with Gasteiger partial charge in [-0.15, -0.1) is 11.3 Å². The first-order valence-electron chi connectivity index (χ1n) is 9.18. The largest absolute Gasteiger partial charge is 0.465 e. The van der Waals surface area contributed by atoms with E-state index in [0.717, 1.165) is 17.4 Å².